The van der Waals surface area contributed by atoms with Gasteiger partial charge in [0.05, 0.1) is 17.6 Å². The van der Waals surface area contributed by atoms with E-state index in [9.17, 15) is 18.3 Å². The van der Waals surface area contributed by atoms with Crippen LogP contribution in [0.1, 0.15) is 55.4 Å². The van der Waals surface area contributed by atoms with E-state index in [-0.39, 0.29) is 11.7 Å². The summed E-state index contributed by atoms with van der Waals surface area (Å²) in [6.45, 7) is 6.80. The lowest BCUT2D eigenvalue weighted by Gasteiger charge is -2.24. The number of sulfonamides is 1. The first-order valence-corrected chi connectivity index (χ1v) is 14.6. The molecule has 1 fully saturated rings. The second kappa shape index (κ2) is 10.6. The summed E-state index contributed by atoms with van der Waals surface area (Å²) in [7, 11) is -4.32. The highest BCUT2D eigenvalue weighted by molar-refractivity contribution is 7.89. The van der Waals surface area contributed by atoms with Crippen LogP contribution in [0.5, 0.6) is 5.88 Å². The first kappa shape index (κ1) is 27.2. The van der Waals surface area contributed by atoms with Crippen molar-refractivity contribution in [3.63, 3.8) is 0 Å². The second-order valence-electron chi connectivity index (χ2n) is 10.7. The average molecular weight is 555 g/mol. The molecule has 39 heavy (non-hydrogen) atoms. The van der Waals surface area contributed by atoms with Crippen molar-refractivity contribution in [3.05, 3.63) is 59.0 Å². The van der Waals surface area contributed by atoms with E-state index in [1.54, 1.807) is 6.20 Å². The zero-order chi connectivity index (χ0) is 27.8. The van der Waals surface area contributed by atoms with Gasteiger partial charge in [0.1, 0.15) is 6.10 Å². The standard InChI is InChI=1S/C28H34N4O6S/c1-17-13-18-5-4-6-22(18)26(25(17)19-7-12-30-23(14-19)38-21-8-10-29-11-9-21)31-27(33)32-39(35,36)24-15-20(16-37-24)28(2,3)34/h7,12-16,21,29,34H,4-6,8-11H2,1-3H3,(H2,31,32,33). The molecule has 0 radical (unpaired) electrons. The minimum absolute atomic E-state index is 0.0854. The number of piperidine rings is 1. The lowest BCUT2D eigenvalue weighted by molar-refractivity contribution is 0.0779. The predicted molar refractivity (Wildman–Crippen MR) is 146 cm³/mol. The predicted octanol–water partition coefficient (Wildman–Crippen LogP) is 4.01. The number of nitrogens with zero attached hydrogens (tertiary/aromatic N) is 1. The van der Waals surface area contributed by atoms with Crippen molar-refractivity contribution in [2.75, 3.05) is 18.4 Å². The minimum atomic E-state index is -4.32. The summed E-state index contributed by atoms with van der Waals surface area (Å²) in [6, 6.07) is 6.16. The van der Waals surface area contributed by atoms with Crippen LogP contribution in [-0.4, -0.2) is 43.7 Å². The number of ether oxygens (including phenoxy) is 1. The summed E-state index contributed by atoms with van der Waals surface area (Å²) in [5.41, 5.74) is 4.25. The SMILES string of the molecule is Cc1cc2c(c(NC(=O)NS(=O)(=O)c3cc(C(C)(C)O)co3)c1-c1ccnc(OC3CCNCC3)c1)CCC2. The van der Waals surface area contributed by atoms with E-state index in [2.05, 4.69) is 21.7 Å². The Balaban J connectivity index is 1.44. The number of anilines is 1. The third kappa shape index (κ3) is 5.95. The van der Waals surface area contributed by atoms with Gasteiger partial charge in [0, 0.05) is 29.5 Å². The Labute approximate surface area is 228 Å². The molecule has 3 heterocycles. The number of benzene rings is 1. The molecule has 1 aliphatic heterocycles. The van der Waals surface area contributed by atoms with E-state index in [0.717, 1.165) is 79.3 Å². The Bertz CT molecular complexity index is 1490. The van der Waals surface area contributed by atoms with Gasteiger partial charge in [-0.15, -0.1) is 0 Å². The number of nitrogens with one attached hydrogen (secondary N) is 3. The number of hydrogen-bond donors (Lipinski definition) is 4. The van der Waals surface area contributed by atoms with Gasteiger partial charge in [-0.05, 0) is 94.3 Å². The molecule has 5 rings (SSSR count). The van der Waals surface area contributed by atoms with E-state index in [1.165, 1.54) is 19.9 Å². The number of furan rings is 1. The van der Waals surface area contributed by atoms with Crippen LogP contribution in [0.15, 0.2) is 46.2 Å². The summed E-state index contributed by atoms with van der Waals surface area (Å²) in [5, 5.41) is 15.8. The average Bonchev–Trinajstić information content (AvgIpc) is 3.55. The fourth-order valence-electron chi connectivity index (χ4n) is 5.21. The Morgan fingerprint density at radius 1 is 1.21 bits per heavy atom. The molecular weight excluding hydrogens is 520 g/mol. The zero-order valence-electron chi connectivity index (χ0n) is 22.3. The molecule has 2 aliphatic rings. The summed E-state index contributed by atoms with van der Waals surface area (Å²) in [4.78, 5) is 17.5. The number of pyridine rings is 1. The molecule has 0 bridgehead atoms. The Morgan fingerprint density at radius 2 is 1.97 bits per heavy atom. The van der Waals surface area contributed by atoms with Crippen LogP contribution in [0, 0.1) is 6.92 Å². The van der Waals surface area contributed by atoms with Gasteiger partial charge in [-0.3, -0.25) is 0 Å². The zero-order valence-corrected chi connectivity index (χ0v) is 23.2. The molecule has 0 spiro atoms. The van der Waals surface area contributed by atoms with Gasteiger partial charge in [0.2, 0.25) is 11.0 Å². The summed E-state index contributed by atoms with van der Waals surface area (Å²) in [5.74, 6) is 0.512. The highest BCUT2D eigenvalue weighted by atomic mass is 32.2. The summed E-state index contributed by atoms with van der Waals surface area (Å²) >= 11 is 0. The molecule has 4 N–H and O–H groups in total. The van der Waals surface area contributed by atoms with Crippen molar-refractivity contribution in [2.45, 2.75) is 69.7 Å². The number of carbonyl (C=O) groups is 1. The Kier molecular flexibility index (Phi) is 7.41. The second-order valence-corrected chi connectivity index (χ2v) is 12.3. The number of amides is 2. The molecule has 1 saturated heterocycles. The van der Waals surface area contributed by atoms with Crippen LogP contribution >= 0.6 is 0 Å². The Morgan fingerprint density at radius 3 is 2.69 bits per heavy atom. The lowest BCUT2D eigenvalue weighted by atomic mass is 9.93. The number of fused-ring (bicyclic) bond motifs is 1. The van der Waals surface area contributed by atoms with Crippen LogP contribution in [0.25, 0.3) is 11.1 Å². The number of hydrogen-bond acceptors (Lipinski definition) is 8. The molecule has 3 aromatic rings. The molecular formula is C28H34N4O6S. The number of carbonyl (C=O) groups excluding carboxylic acids is 1. The van der Waals surface area contributed by atoms with E-state index < -0.39 is 26.7 Å². The van der Waals surface area contributed by atoms with E-state index in [1.807, 2.05) is 23.8 Å². The molecule has 10 nitrogen and oxygen atoms in total. The number of aromatic nitrogens is 1. The highest BCUT2D eigenvalue weighted by Crippen LogP contribution is 2.41. The maximum atomic E-state index is 13.1. The topological polar surface area (TPSA) is 143 Å². The normalized spacial score (nSPS) is 16.1. The van der Waals surface area contributed by atoms with Crippen molar-refractivity contribution >= 4 is 21.7 Å². The molecule has 0 atom stereocenters. The van der Waals surface area contributed by atoms with Gasteiger partial charge in [0.15, 0.2) is 0 Å². The van der Waals surface area contributed by atoms with E-state index in [0.29, 0.717) is 11.6 Å². The molecule has 208 valence electrons. The van der Waals surface area contributed by atoms with Crippen LogP contribution < -0.4 is 20.1 Å². The Hall–Kier alpha value is -3.41. The van der Waals surface area contributed by atoms with Gasteiger partial charge in [-0.1, -0.05) is 6.07 Å². The number of aryl methyl sites for hydroxylation is 2. The summed E-state index contributed by atoms with van der Waals surface area (Å²) < 4.78 is 39.1. The van der Waals surface area contributed by atoms with Crippen LogP contribution in [-0.2, 0) is 28.5 Å². The van der Waals surface area contributed by atoms with Crippen molar-refractivity contribution in [3.8, 4) is 17.0 Å². The largest absolute Gasteiger partial charge is 0.474 e. The first-order valence-electron chi connectivity index (χ1n) is 13.2. The van der Waals surface area contributed by atoms with Gasteiger partial charge < -0.3 is 24.9 Å². The molecule has 1 aromatic carbocycles. The molecule has 2 aromatic heterocycles. The van der Waals surface area contributed by atoms with Crippen LogP contribution in [0.4, 0.5) is 10.5 Å². The third-order valence-corrected chi connectivity index (χ3v) is 8.40. The maximum Gasteiger partial charge on any atom is 0.333 e. The van der Waals surface area contributed by atoms with E-state index in [4.69, 9.17) is 9.15 Å². The van der Waals surface area contributed by atoms with Gasteiger partial charge in [-0.2, -0.15) is 8.42 Å². The fraction of sp³-hybridized carbons (Fsp3) is 0.429. The molecule has 1 aliphatic carbocycles. The molecule has 0 unspecified atom stereocenters. The third-order valence-electron chi connectivity index (χ3n) is 7.21. The minimum Gasteiger partial charge on any atom is -0.474 e. The fourth-order valence-corrected chi connectivity index (χ4v) is 6.06. The highest BCUT2D eigenvalue weighted by Gasteiger charge is 2.28. The smallest absolute Gasteiger partial charge is 0.333 e. The van der Waals surface area contributed by atoms with Crippen molar-refractivity contribution in [2.24, 2.45) is 0 Å². The van der Waals surface area contributed by atoms with Crippen LogP contribution in [0.2, 0.25) is 0 Å². The van der Waals surface area contributed by atoms with Crippen molar-refractivity contribution < 1.29 is 27.5 Å². The molecule has 0 saturated carbocycles. The number of rotatable bonds is 7. The summed E-state index contributed by atoms with van der Waals surface area (Å²) in [6.07, 6.45) is 7.33. The van der Waals surface area contributed by atoms with Gasteiger partial charge >= 0.3 is 6.03 Å². The van der Waals surface area contributed by atoms with E-state index >= 15 is 0 Å². The maximum absolute atomic E-state index is 13.1. The molecule has 2 amide bonds. The number of aliphatic hydroxyl groups is 1. The van der Waals surface area contributed by atoms with Gasteiger partial charge in [-0.25, -0.2) is 14.5 Å². The van der Waals surface area contributed by atoms with Crippen molar-refractivity contribution in [1.29, 1.82) is 0 Å². The van der Waals surface area contributed by atoms with Crippen molar-refractivity contribution in [1.82, 2.24) is 15.0 Å². The number of urea groups is 1. The van der Waals surface area contributed by atoms with Crippen LogP contribution in [0.3, 0.4) is 0 Å². The quantitative estimate of drug-likeness (QED) is 0.343. The molecule has 11 heteroatoms. The first-order chi connectivity index (χ1) is 18.5. The lowest BCUT2D eigenvalue weighted by Crippen LogP contribution is -2.34. The monoisotopic (exact) mass is 554 g/mol. The van der Waals surface area contributed by atoms with Gasteiger partial charge in [0.25, 0.3) is 10.0 Å².